The van der Waals surface area contributed by atoms with Gasteiger partial charge in [-0.2, -0.15) is 0 Å². The van der Waals surface area contributed by atoms with Gasteiger partial charge in [0.15, 0.2) is 0 Å². The number of nitrogens with zero attached hydrogens (tertiary/aromatic N) is 2. The van der Waals surface area contributed by atoms with Gasteiger partial charge in [-0.05, 0) is 55.8 Å². The van der Waals surface area contributed by atoms with Gasteiger partial charge in [0, 0.05) is 22.5 Å². The number of carbonyl (C=O) groups is 2. The van der Waals surface area contributed by atoms with Crippen LogP contribution in [0.4, 0.5) is 11.4 Å². The van der Waals surface area contributed by atoms with Crippen molar-refractivity contribution in [3.8, 4) is 11.5 Å². The predicted molar refractivity (Wildman–Crippen MR) is 129 cm³/mol. The van der Waals surface area contributed by atoms with Gasteiger partial charge in [-0.3, -0.25) is 9.59 Å². The second-order valence-electron chi connectivity index (χ2n) is 7.43. The van der Waals surface area contributed by atoms with Gasteiger partial charge in [0.25, 0.3) is 11.1 Å². The Labute approximate surface area is 195 Å². The number of nitrogens with one attached hydrogen (secondary N) is 2. The monoisotopic (exact) mass is 458 g/mol. The molecule has 1 heterocycles. The second-order valence-corrected chi connectivity index (χ2v) is 8.36. The summed E-state index contributed by atoms with van der Waals surface area (Å²) in [7, 11) is 0. The summed E-state index contributed by atoms with van der Waals surface area (Å²) < 4.78 is 5.66. The van der Waals surface area contributed by atoms with Gasteiger partial charge in [0.1, 0.15) is 0 Å². The summed E-state index contributed by atoms with van der Waals surface area (Å²) in [6, 6.07) is 22.1. The van der Waals surface area contributed by atoms with Crippen molar-refractivity contribution < 1.29 is 14.0 Å². The number of amides is 2. The summed E-state index contributed by atoms with van der Waals surface area (Å²) in [5, 5.41) is 14.1. The van der Waals surface area contributed by atoms with E-state index in [9.17, 15) is 9.59 Å². The zero-order valence-electron chi connectivity index (χ0n) is 18.2. The number of aromatic nitrogens is 2. The third-order valence-electron chi connectivity index (χ3n) is 4.80. The van der Waals surface area contributed by atoms with E-state index in [0.29, 0.717) is 28.1 Å². The molecule has 0 fully saturated rings. The number of benzene rings is 3. The first kappa shape index (κ1) is 22.3. The molecule has 0 aliphatic carbocycles. The van der Waals surface area contributed by atoms with Crippen LogP contribution in [0.3, 0.4) is 0 Å². The van der Waals surface area contributed by atoms with Crippen molar-refractivity contribution in [2.24, 2.45) is 0 Å². The zero-order chi connectivity index (χ0) is 23.2. The standard InChI is InChI=1S/C25H22N4O3S/c1-16-7-6-10-19(13-16)24-28-29-25(32-24)33-15-22(30)26-20-12-11-17(2)21(14-20)27-23(31)18-8-4-3-5-9-18/h3-14H,15H2,1-2H3,(H,26,30)(H,27,31). The largest absolute Gasteiger partial charge is 0.411 e. The molecular weight excluding hydrogens is 436 g/mol. The number of hydrogen-bond donors (Lipinski definition) is 2. The Kier molecular flexibility index (Phi) is 6.85. The SMILES string of the molecule is Cc1cccc(-c2nnc(SCC(=O)Nc3ccc(C)c(NC(=O)c4ccccc4)c3)o2)c1. The van der Waals surface area contributed by atoms with Gasteiger partial charge in [0.2, 0.25) is 11.8 Å². The van der Waals surface area contributed by atoms with Crippen molar-refractivity contribution in [2.45, 2.75) is 19.1 Å². The third-order valence-corrected chi connectivity index (χ3v) is 5.62. The van der Waals surface area contributed by atoms with Crippen LogP contribution in [-0.4, -0.2) is 27.8 Å². The summed E-state index contributed by atoms with van der Waals surface area (Å²) in [6.07, 6.45) is 0. The van der Waals surface area contributed by atoms with E-state index in [1.54, 1.807) is 24.3 Å². The molecule has 2 N–H and O–H groups in total. The van der Waals surface area contributed by atoms with Crippen molar-refractivity contribution in [1.82, 2.24) is 10.2 Å². The normalized spacial score (nSPS) is 10.6. The Bertz CT molecular complexity index is 1290. The van der Waals surface area contributed by atoms with Crippen molar-refractivity contribution in [2.75, 3.05) is 16.4 Å². The lowest BCUT2D eigenvalue weighted by molar-refractivity contribution is -0.113. The molecule has 2 amide bonds. The smallest absolute Gasteiger partial charge is 0.277 e. The van der Waals surface area contributed by atoms with Crippen LogP contribution in [0, 0.1) is 13.8 Å². The molecule has 3 aromatic carbocycles. The maximum absolute atomic E-state index is 12.5. The van der Waals surface area contributed by atoms with E-state index < -0.39 is 0 Å². The minimum absolute atomic E-state index is 0.106. The lowest BCUT2D eigenvalue weighted by Gasteiger charge is -2.11. The maximum atomic E-state index is 12.5. The molecule has 0 bridgehead atoms. The van der Waals surface area contributed by atoms with Crippen molar-refractivity contribution >= 4 is 35.0 Å². The molecule has 1 aromatic heterocycles. The third kappa shape index (κ3) is 5.87. The number of thioether (sulfide) groups is 1. The number of carbonyl (C=O) groups excluding carboxylic acids is 2. The molecule has 0 unspecified atom stereocenters. The second kappa shape index (κ2) is 10.1. The van der Waals surface area contributed by atoms with E-state index in [-0.39, 0.29) is 17.6 Å². The summed E-state index contributed by atoms with van der Waals surface area (Å²) in [4.78, 5) is 24.9. The first-order valence-corrected chi connectivity index (χ1v) is 11.3. The van der Waals surface area contributed by atoms with Crippen LogP contribution < -0.4 is 10.6 Å². The van der Waals surface area contributed by atoms with E-state index in [0.717, 1.165) is 28.5 Å². The first-order valence-electron chi connectivity index (χ1n) is 10.3. The average Bonchev–Trinajstić information content (AvgIpc) is 3.30. The molecular formula is C25H22N4O3S. The summed E-state index contributed by atoms with van der Waals surface area (Å²) in [6.45, 7) is 3.88. The van der Waals surface area contributed by atoms with Crippen LogP contribution in [0.5, 0.6) is 0 Å². The van der Waals surface area contributed by atoms with Crippen LogP contribution in [0.15, 0.2) is 82.4 Å². The van der Waals surface area contributed by atoms with Gasteiger partial charge < -0.3 is 15.1 Å². The van der Waals surface area contributed by atoms with Gasteiger partial charge >= 0.3 is 0 Å². The minimum atomic E-state index is -0.223. The Morgan fingerprint density at radius 3 is 2.52 bits per heavy atom. The highest BCUT2D eigenvalue weighted by molar-refractivity contribution is 7.99. The zero-order valence-corrected chi connectivity index (χ0v) is 19.0. The van der Waals surface area contributed by atoms with Gasteiger partial charge in [-0.25, -0.2) is 0 Å². The molecule has 0 radical (unpaired) electrons. The number of aryl methyl sites for hydroxylation is 2. The molecule has 8 heteroatoms. The molecule has 0 atom stereocenters. The molecule has 33 heavy (non-hydrogen) atoms. The maximum Gasteiger partial charge on any atom is 0.277 e. The van der Waals surface area contributed by atoms with Crippen LogP contribution in [-0.2, 0) is 4.79 Å². The lowest BCUT2D eigenvalue weighted by atomic mass is 10.1. The van der Waals surface area contributed by atoms with Gasteiger partial charge in [0.05, 0.1) is 5.75 Å². The Morgan fingerprint density at radius 1 is 0.909 bits per heavy atom. The van der Waals surface area contributed by atoms with Gasteiger partial charge in [-0.15, -0.1) is 10.2 Å². The molecule has 166 valence electrons. The summed E-state index contributed by atoms with van der Waals surface area (Å²) >= 11 is 1.16. The minimum Gasteiger partial charge on any atom is -0.411 e. The van der Waals surface area contributed by atoms with Crippen LogP contribution in [0.1, 0.15) is 21.5 Å². The number of hydrogen-bond acceptors (Lipinski definition) is 6. The van der Waals surface area contributed by atoms with E-state index in [1.165, 1.54) is 0 Å². The van der Waals surface area contributed by atoms with E-state index >= 15 is 0 Å². The van der Waals surface area contributed by atoms with Crippen molar-refractivity contribution in [3.05, 3.63) is 89.5 Å². The quantitative estimate of drug-likeness (QED) is 0.363. The molecule has 0 aliphatic heterocycles. The molecule has 0 saturated carbocycles. The lowest BCUT2D eigenvalue weighted by Crippen LogP contribution is -2.15. The highest BCUT2D eigenvalue weighted by Crippen LogP contribution is 2.25. The van der Waals surface area contributed by atoms with E-state index in [1.807, 2.05) is 62.4 Å². The van der Waals surface area contributed by atoms with E-state index in [4.69, 9.17) is 4.42 Å². The van der Waals surface area contributed by atoms with Crippen molar-refractivity contribution in [1.29, 1.82) is 0 Å². The van der Waals surface area contributed by atoms with E-state index in [2.05, 4.69) is 20.8 Å². The van der Waals surface area contributed by atoms with Crippen LogP contribution >= 0.6 is 11.8 Å². The van der Waals surface area contributed by atoms with Gasteiger partial charge in [-0.1, -0.05) is 53.7 Å². The molecule has 0 aliphatic rings. The van der Waals surface area contributed by atoms with Crippen LogP contribution in [0.25, 0.3) is 11.5 Å². The van der Waals surface area contributed by atoms with Crippen molar-refractivity contribution in [3.63, 3.8) is 0 Å². The molecule has 7 nitrogen and oxygen atoms in total. The fourth-order valence-electron chi connectivity index (χ4n) is 3.11. The number of rotatable bonds is 7. The molecule has 4 rings (SSSR count). The Balaban J connectivity index is 1.35. The highest BCUT2D eigenvalue weighted by atomic mass is 32.2. The highest BCUT2D eigenvalue weighted by Gasteiger charge is 2.13. The summed E-state index contributed by atoms with van der Waals surface area (Å²) in [5.41, 5.74) is 4.60. The summed E-state index contributed by atoms with van der Waals surface area (Å²) in [5.74, 6) is 0.0895. The van der Waals surface area contributed by atoms with Crippen LogP contribution in [0.2, 0.25) is 0 Å². The molecule has 4 aromatic rings. The average molecular weight is 459 g/mol. The Morgan fingerprint density at radius 2 is 1.73 bits per heavy atom. The molecule has 0 saturated heterocycles. The fourth-order valence-corrected chi connectivity index (χ4v) is 3.67. The predicted octanol–water partition coefficient (Wildman–Crippen LogP) is 5.34. The fraction of sp³-hybridized carbons (Fsp3) is 0.120. The topological polar surface area (TPSA) is 97.1 Å². The first-order chi connectivity index (χ1) is 16.0. The Hall–Kier alpha value is -3.91. The molecule has 0 spiro atoms. The number of anilines is 2.